The van der Waals surface area contributed by atoms with E-state index in [1.54, 1.807) is 24.0 Å². The van der Waals surface area contributed by atoms with Gasteiger partial charge in [0.2, 0.25) is 5.91 Å². The van der Waals surface area contributed by atoms with Gasteiger partial charge in [-0.15, -0.1) is 0 Å². The zero-order valence-corrected chi connectivity index (χ0v) is 15.0. The summed E-state index contributed by atoms with van der Waals surface area (Å²) >= 11 is 0. The summed E-state index contributed by atoms with van der Waals surface area (Å²) in [4.78, 5) is 28.1. The van der Waals surface area contributed by atoms with Crippen LogP contribution in [0.5, 0.6) is 5.75 Å². The maximum Gasteiger partial charge on any atom is 0.317 e. The van der Waals surface area contributed by atoms with Gasteiger partial charge in [-0.2, -0.15) is 0 Å². The van der Waals surface area contributed by atoms with Crippen LogP contribution in [0.4, 0.5) is 10.5 Å². The Morgan fingerprint density at radius 3 is 2.73 bits per heavy atom. The summed E-state index contributed by atoms with van der Waals surface area (Å²) in [6, 6.07) is 16.8. The van der Waals surface area contributed by atoms with Crippen molar-refractivity contribution in [1.29, 1.82) is 0 Å². The van der Waals surface area contributed by atoms with Gasteiger partial charge in [0.1, 0.15) is 5.75 Å². The zero-order chi connectivity index (χ0) is 18.5. The average Bonchev–Trinajstić information content (AvgIpc) is 3.02. The Bertz CT molecular complexity index is 779. The fourth-order valence-corrected chi connectivity index (χ4v) is 3.05. The molecule has 2 aromatic rings. The third kappa shape index (κ3) is 4.14. The van der Waals surface area contributed by atoms with Gasteiger partial charge < -0.3 is 19.9 Å². The fraction of sp³-hybridized carbons (Fsp3) is 0.300. The van der Waals surface area contributed by atoms with Gasteiger partial charge in [-0.05, 0) is 17.7 Å². The minimum atomic E-state index is -0.209. The van der Waals surface area contributed by atoms with Crippen LogP contribution in [0, 0.1) is 0 Å². The molecule has 1 aliphatic heterocycles. The van der Waals surface area contributed by atoms with Gasteiger partial charge >= 0.3 is 6.03 Å². The molecule has 0 bridgehead atoms. The first-order chi connectivity index (χ1) is 12.6. The van der Waals surface area contributed by atoms with Gasteiger partial charge in [-0.25, -0.2) is 4.79 Å². The highest BCUT2D eigenvalue weighted by atomic mass is 16.5. The SMILES string of the molecule is COc1cccc(N2CC(NC(=O)N(C)Cc3ccccc3)CC2=O)c1. The number of hydrogen-bond acceptors (Lipinski definition) is 3. The van der Waals surface area contributed by atoms with Crippen LogP contribution in [0.2, 0.25) is 0 Å². The maximum atomic E-state index is 12.4. The molecule has 1 fully saturated rings. The topological polar surface area (TPSA) is 61.9 Å². The largest absolute Gasteiger partial charge is 0.497 e. The van der Waals surface area contributed by atoms with Crippen molar-refractivity contribution >= 4 is 17.6 Å². The maximum absolute atomic E-state index is 12.4. The molecule has 0 aliphatic carbocycles. The van der Waals surface area contributed by atoms with Crippen LogP contribution < -0.4 is 15.0 Å². The number of ether oxygens (including phenoxy) is 1. The normalized spacial score (nSPS) is 16.5. The van der Waals surface area contributed by atoms with E-state index in [1.807, 2.05) is 54.6 Å². The summed E-state index contributed by atoms with van der Waals surface area (Å²) in [5, 5.41) is 2.95. The molecule has 6 heteroatoms. The summed E-state index contributed by atoms with van der Waals surface area (Å²) in [6.45, 7) is 0.976. The van der Waals surface area contributed by atoms with Gasteiger partial charge in [0.15, 0.2) is 0 Å². The molecule has 0 spiro atoms. The number of nitrogens with one attached hydrogen (secondary N) is 1. The molecular formula is C20H23N3O3. The predicted octanol–water partition coefficient (Wildman–Crippen LogP) is 2.64. The number of amides is 3. The first-order valence-electron chi connectivity index (χ1n) is 8.57. The third-order valence-electron chi connectivity index (χ3n) is 4.43. The van der Waals surface area contributed by atoms with Gasteiger partial charge in [0, 0.05) is 38.3 Å². The lowest BCUT2D eigenvalue weighted by atomic mass is 10.2. The predicted molar refractivity (Wildman–Crippen MR) is 100 cm³/mol. The van der Waals surface area contributed by atoms with E-state index in [0.29, 0.717) is 25.3 Å². The minimum absolute atomic E-state index is 0.00531. The molecule has 3 rings (SSSR count). The molecule has 2 aromatic carbocycles. The number of hydrogen-bond donors (Lipinski definition) is 1. The van der Waals surface area contributed by atoms with Crippen LogP contribution in [0.15, 0.2) is 54.6 Å². The van der Waals surface area contributed by atoms with Crippen molar-refractivity contribution in [2.24, 2.45) is 0 Å². The quantitative estimate of drug-likeness (QED) is 0.899. The number of benzene rings is 2. The standard InChI is InChI=1S/C20H23N3O3/c1-22(13-15-7-4-3-5-8-15)20(25)21-16-11-19(24)23(14-16)17-9-6-10-18(12-17)26-2/h3-10,12,16H,11,13-14H2,1-2H3,(H,21,25). The van der Waals surface area contributed by atoms with Crippen LogP contribution in [-0.4, -0.2) is 43.6 Å². The molecule has 1 saturated heterocycles. The Morgan fingerprint density at radius 2 is 2.00 bits per heavy atom. The third-order valence-corrected chi connectivity index (χ3v) is 4.43. The Morgan fingerprint density at radius 1 is 1.23 bits per heavy atom. The molecule has 1 atom stereocenters. The van der Waals surface area contributed by atoms with E-state index < -0.39 is 0 Å². The van der Waals surface area contributed by atoms with Crippen molar-refractivity contribution in [3.8, 4) is 5.75 Å². The minimum Gasteiger partial charge on any atom is -0.497 e. The second-order valence-corrected chi connectivity index (χ2v) is 6.40. The highest BCUT2D eigenvalue weighted by molar-refractivity contribution is 5.97. The fourth-order valence-electron chi connectivity index (χ4n) is 3.05. The molecule has 1 unspecified atom stereocenters. The zero-order valence-electron chi connectivity index (χ0n) is 15.0. The molecule has 136 valence electrons. The number of rotatable bonds is 5. The van der Waals surface area contributed by atoms with E-state index in [-0.39, 0.29) is 18.0 Å². The van der Waals surface area contributed by atoms with E-state index >= 15 is 0 Å². The molecular weight excluding hydrogens is 330 g/mol. The molecule has 26 heavy (non-hydrogen) atoms. The van der Waals surface area contributed by atoms with Crippen LogP contribution in [-0.2, 0) is 11.3 Å². The van der Waals surface area contributed by atoms with Crippen LogP contribution in [0.3, 0.4) is 0 Å². The summed E-state index contributed by atoms with van der Waals surface area (Å²) < 4.78 is 5.21. The molecule has 1 aliphatic rings. The van der Waals surface area contributed by atoms with Gasteiger partial charge in [-0.1, -0.05) is 36.4 Å². The Hall–Kier alpha value is -3.02. The summed E-state index contributed by atoms with van der Waals surface area (Å²) in [6.07, 6.45) is 0.294. The highest BCUT2D eigenvalue weighted by Gasteiger charge is 2.32. The lowest BCUT2D eigenvalue weighted by Gasteiger charge is -2.21. The number of anilines is 1. The van der Waals surface area contributed by atoms with E-state index in [0.717, 1.165) is 11.3 Å². The number of methoxy groups -OCH3 is 1. The number of carbonyl (C=O) groups is 2. The van der Waals surface area contributed by atoms with Crippen molar-refractivity contribution in [2.75, 3.05) is 25.6 Å². The lowest BCUT2D eigenvalue weighted by Crippen LogP contribution is -2.43. The monoisotopic (exact) mass is 353 g/mol. The van der Waals surface area contributed by atoms with Crippen molar-refractivity contribution < 1.29 is 14.3 Å². The lowest BCUT2D eigenvalue weighted by molar-refractivity contribution is -0.117. The van der Waals surface area contributed by atoms with Crippen LogP contribution in [0.25, 0.3) is 0 Å². The molecule has 6 nitrogen and oxygen atoms in total. The average molecular weight is 353 g/mol. The van der Waals surface area contributed by atoms with Crippen molar-refractivity contribution in [3.05, 3.63) is 60.2 Å². The van der Waals surface area contributed by atoms with E-state index in [1.165, 1.54) is 0 Å². The molecule has 0 aromatic heterocycles. The van der Waals surface area contributed by atoms with Gasteiger partial charge in [-0.3, -0.25) is 4.79 Å². The molecule has 1 N–H and O–H groups in total. The Balaban J connectivity index is 1.59. The van der Waals surface area contributed by atoms with Crippen molar-refractivity contribution in [1.82, 2.24) is 10.2 Å². The first-order valence-corrected chi connectivity index (χ1v) is 8.57. The van der Waals surface area contributed by atoms with Crippen molar-refractivity contribution in [2.45, 2.75) is 19.0 Å². The highest BCUT2D eigenvalue weighted by Crippen LogP contribution is 2.25. The molecule has 1 heterocycles. The van der Waals surface area contributed by atoms with E-state index in [9.17, 15) is 9.59 Å². The second kappa shape index (κ2) is 7.91. The number of nitrogens with zero attached hydrogens (tertiary/aromatic N) is 2. The summed E-state index contributed by atoms with van der Waals surface area (Å²) in [5.74, 6) is 0.694. The van der Waals surface area contributed by atoms with Gasteiger partial charge in [0.25, 0.3) is 0 Å². The molecule has 3 amide bonds. The number of carbonyl (C=O) groups excluding carboxylic acids is 2. The van der Waals surface area contributed by atoms with E-state index in [2.05, 4.69) is 5.32 Å². The summed E-state index contributed by atoms with van der Waals surface area (Å²) in [5.41, 5.74) is 1.84. The van der Waals surface area contributed by atoms with Crippen LogP contribution >= 0.6 is 0 Å². The Labute approximate surface area is 153 Å². The van der Waals surface area contributed by atoms with Gasteiger partial charge in [0.05, 0.1) is 13.2 Å². The smallest absolute Gasteiger partial charge is 0.317 e. The van der Waals surface area contributed by atoms with Crippen molar-refractivity contribution in [3.63, 3.8) is 0 Å². The first kappa shape index (κ1) is 17.8. The molecule has 0 radical (unpaired) electrons. The summed E-state index contributed by atoms with van der Waals surface area (Å²) in [7, 11) is 3.34. The van der Waals surface area contributed by atoms with Crippen LogP contribution in [0.1, 0.15) is 12.0 Å². The number of urea groups is 1. The molecule has 0 saturated carbocycles. The second-order valence-electron chi connectivity index (χ2n) is 6.40. The Kier molecular flexibility index (Phi) is 5.41. The van der Waals surface area contributed by atoms with E-state index in [4.69, 9.17) is 4.74 Å².